The van der Waals surface area contributed by atoms with Gasteiger partial charge in [0.25, 0.3) is 0 Å². The summed E-state index contributed by atoms with van der Waals surface area (Å²) >= 11 is 7.67. The fourth-order valence-corrected chi connectivity index (χ4v) is 2.46. The molecule has 0 amide bonds. The Bertz CT molecular complexity index is 229. The Morgan fingerprint density at radius 1 is 1.58 bits per heavy atom. The van der Waals surface area contributed by atoms with Crippen molar-refractivity contribution in [1.29, 1.82) is 0 Å². The topological polar surface area (TPSA) is 12.0 Å². The first kappa shape index (κ1) is 8.54. The molecule has 3 heteroatoms. The summed E-state index contributed by atoms with van der Waals surface area (Å²) in [6, 6.07) is 4.91. The molecule has 0 aromatic carbocycles. The highest BCUT2D eigenvalue weighted by Gasteiger charge is 2.26. The second-order valence-electron chi connectivity index (χ2n) is 3.23. The van der Waals surface area contributed by atoms with Crippen LogP contribution in [0.4, 0.5) is 0 Å². The van der Waals surface area contributed by atoms with Gasteiger partial charge < -0.3 is 5.32 Å². The van der Waals surface area contributed by atoms with Gasteiger partial charge in [0, 0.05) is 22.8 Å². The van der Waals surface area contributed by atoms with E-state index < -0.39 is 0 Å². The molecule has 1 aromatic heterocycles. The lowest BCUT2D eigenvalue weighted by molar-refractivity contribution is 0.346. The van der Waals surface area contributed by atoms with Gasteiger partial charge in [0.15, 0.2) is 0 Å². The summed E-state index contributed by atoms with van der Waals surface area (Å²) in [5.74, 6) is 0. The molecule has 0 saturated heterocycles. The monoisotopic (exact) mass is 201 g/mol. The van der Waals surface area contributed by atoms with Crippen molar-refractivity contribution in [3.8, 4) is 0 Å². The van der Waals surface area contributed by atoms with Crippen molar-refractivity contribution < 1.29 is 0 Å². The van der Waals surface area contributed by atoms with E-state index in [1.807, 2.05) is 0 Å². The fourth-order valence-electron chi connectivity index (χ4n) is 1.37. The fraction of sp³-hybridized carbons (Fsp3) is 0.556. The molecule has 0 spiro atoms. The minimum atomic E-state index is 0.422. The molecule has 1 N–H and O–H groups in total. The number of hydrogen-bond donors (Lipinski definition) is 1. The minimum absolute atomic E-state index is 0.422. The van der Waals surface area contributed by atoms with Crippen molar-refractivity contribution >= 4 is 22.9 Å². The maximum Gasteiger partial charge on any atom is 0.0365 e. The molecule has 1 aliphatic carbocycles. The van der Waals surface area contributed by atoms with Crippen LogP contribution >= 0.6 is 22.9 Å². The van der Waals surface area contributed by atoms with E-state index in [2.05, 4.69) is 22.8 Å². The summed E-state index contributed by atoms with van der Waals surface area (Å²) in [7, 11) is 0. The van der Waals surface area contributed by atoms with Crippen molar-refractivity contribution in [2.75, 3.05) is 0 Å². The van der Waals surface area contributed by atoms with E-state index in [9.17, 15) is 0 Å². The molecule has 0 unspecified atom stereocenters. The Balaban J connectivity index is 1.70. The highest BCUT2D eigenvalue weighted by atomic mass is 35.5. The van der Waals surface area contributed by atoms with E-state index >= 15 is 0 Å². The van der Waals surface area contributed by atoms with Crippen molar-refractivity contribution in [3.05, 3.63) is 22.4 Å². The normalized spacial score (nSPS) is 28.4. The lowest BCUT2D eigenvalue weighted by Gasteiger charge is -2.31. The zero-order chi connectivity index (χ0) is 8.39. The summed E-state index contributed by atoms with van der Waals surface area (Å²) in [5, 5.41) is 6.01. The van der Waals surface area contributed by atoms with Crippen LogP contribution in [0.5, 0.6) is 0 Å². The average Bonchev–Trinajstić information content (AvgIpc) is 2.47. The van der Waals surface area contributed by atoms with Crippen LogP contribution in [0.1, 0.15) is 17.7 Å². The molecule has 12 heavy (non-hydrogen) atoms. The zero-order valence-electron chi connectivity index (χ0n) is 6.79. The number of alkyl halides is 1. The van der Waals surface area contributed by atoms with Crippen molar-refractivity contribution in [2.24, 2.45) is 0 Å². The maximum atomic E-state index is 5.87. The molecular weight excluding hydrogens is 190 g/mol. The van der Waals surface area contributed by atoms with Crippen LogP contribution in [-0.4, -0.2) is 11.4 Å². The van der Waals surface area contributed by atoms with E-state index in [0.29, 0.717) is 11.4 Å². The van der Waals surface area contributed by atoms with Crippen molar-refractivity contribution in [1.82, 2.24) is 5.32 Å². The molecule has 0 aliphatic heterocycles. The van der Waals surface area contributed by atoms with Crippen LogP contribution in [-0.2, 0) is 6.54 Å². The molecule has 0 atom stereocenters. The van der Waals surface area contributed by atoms with Crippen LogP contribution in [0, 0.1) is 0 Å². The Morgan fingerprint density at radius 2 is 2.42 bits per heavy atom. The van der Waals surface area contributed by atoms with Gasteiger partial charge in [0.05, 0.1) is 0 Å². The quantitative estimate of drug-likeness (QED) is 0.742. The van der Waals surface area contributed by atoms with Gasteiger partial charge in [-0.2, -0.15) is 0 Å². The number of rotatable bonds is 3. The third-order valence-electron chi connectivity index (χ3n) is 2.23. The van der Waals surface area contributed by atoms with Gasteiger partial charge in [-0.3, -0.25) is 0 Å². The molecule has 1 heterocycles. The Morgan fingerprint density at radius 3 is 3.00 bits per heavy atom. The van der Waals surface area contributed by atoms with Gasteiger partial charge >= 0.3 is 0 Å². The maximum absolute atomic E-state index is 5.87. The largest absolute Gasteiger partial charge is 0.309 e. The highest BCUT2D eigenvalue weighted by Crippen LogP contribution is 2.25. The first-order valence-electron chi connectivity index (χ1n) is 4.24. The first-order chi connectivity index (χ1) is 5.84. The highest BCUT2D eigenvalue weighted by molar-refractivity contribution is 7.09. The molecule has 0 bridgehead atoms. The molecule has 1 aliphatic rings. The summed E-state index contributed by atoms with van der Waals surface area (Å²) in [6.07, 6.45) is 2.26. The van der Waals surface area contributed by atoms with Crippen LogP contribution in [0.3, 0.4) is 0 Å². The van der Waals surface area contributed by atoms with E-state index in [1.165, 1.54) is 4.88 Å². The van der Waals surface area contributed by atoms with Gasteiger partial charge in [0.1, 0.15) is 0 Å². The van der Waals surface area contributed by atoms with E-state index in [1.54, 1.807) is 11.3 Å². The van der Waals surface area contributed by atoms with Gasteiger partial charge in [-0.05, 0) is 24.3 Å². The Kier molecular flexibility index (Phi) is 2.69. The number of thiophene rings is 1. The zero-order valence-corrected chi connectivity index (χ0v) is 8.37. The van der Waals surface area contributed by atoms with Crippen LogP contribution in [0.2, 0.25) is 0 Å². The first-order valence-corrected chi connectivity index (χ1v) is 5.56. The summed E-state index contributed by atoms with van der Waals surface area (Å²) in [4.78, 5) is 1.41. The molecular formula is C9H12ClNS. The average molecular weight is 202 g/mol. The number of hydrogen-bond acceptors (Lipinski definition) is 2. The third kappa shape index (κ3) is 2.00. The van der Waals surface area contributed by atoms with Gasteiger partial charge in [-0.15, -0.1) is 22.9 Å². The predicted molar refractivity (Wildman–Crippen MR) is 53.8 cm³/mol. The second-order valence-corrected chi connectivity index (χ2v) is 4.88. The summed E-state index contributed by atoms with van der Waals surface area (Å²) < 4.78 is 0. The lowest BCUT2D eigenvalue weighted by atomic mass is 9.92. The van der Waals surface area contributed by atoms with Gasteiger partial charge in [-0.1, -0.05) is 6.07 Å². The summed E-state index contributed by atoms with van der Waals surface area (Å²) in [6.45, 7) is 1.01. The van der Waals surface area contributed by atoms with Crippen LogP contribution < -0.4 is 5.32 Å². The summed E-state index contributed by atoms with van der Waals surface area (Å²) in [5.41, 5.74) is 0. The number of nitrogens with one attached hydrogen (secondary N) is 1. The molecule has 1 aromatic rings. The molecule has 1 fully saturated rings. The van der Waals surface area contributed by atoms with Gasteiger partial charge in [0.2, 0.25) is 0 Å². The molecule has 0 radical (unpaired) electrons. The molecule has 66 valence electrons. The van der Waals surface area contributed by atoms with Crippen LogP contribution in [0.15, 0.2) is 17.5 Å². The van der Waals surface area contributed by atoms with E-state index in [0.717, 1.165) is 19.4 Å². The van der Waals surface area contributed by atoms with Crippen molar-refractivity contribution in [2.45, 2.75) is 30.8 Å². The predicted octanol–water partition coefficient (Wildman–Crippen LogP) is 2.61. The molecule has 2 rings (SSSR count). The van der Waals surface area contributed by atoms with Gasteiger partial charge in [-0.25, -0.2) is 0 Å². The SMILES string of the molecule is ClC1CC(NCc2cccs2)C1. The Hall–Kier alpha value is -0.0500. The standard InChI is InChI=1S/C9H12ClNS/c10-7-4-8(5-7)11-6-9-2-1-3-12-9/h1-3,7-8,11H,4-6H2. The second kappa shape index (κ2) is 3.77. The smallest absolute Gasteiger partial charge is 0.0365 e. The third-order valence-corrected chi connectivity index (χ3v) is 3.46. The lowest BCUT2D eigenvalue weighted by Crippen LogP contribution is -2.41. The Labute approximate surface area is 81.7 Å². The minimum Gasteiger partial charge on any atom is -0.309 e. The van der Waals surface area contributed by atoms with Crippen molar-refractivity contribution in [3.63, 3.8) is 0 Å². The van der Waals surface area contributed by atoms with Crippen LogP contribution in [0.25, 0.3) is 0 Å². The molecule has 1 nitrogen and oxygen atoms in total. The number of halogens is 1. The molecule has 1 saturated carbocycles. The van der Waals surface area contributed by atoms with E-state index in [-0.39, 0.29) is 0 Å². The van der Waals surface area contributed by atoms with E-state index in [4.69, 9.17) is 11.6 Å².